The average Bonchev–Trinajstić information content (AvgIpc) is 2.87. The second kappa shape index (κ2) is 6.86. The van der Waals surface area contributed by atoms with Crippen molar-refractivity contribution < 1.29 is 4.74 Å². The molecule has 3 nitrogen and oxygen atoms in total. The highest BCUT2D eigenvalue weighted by molar-refractivity contribution is 7.11. The Balaban J connectivity index is 2.05. The highest BCUT2D eigenvalue weighted by Crippen LogP contribution is 2.23. The van der Waals surface area contributed by atoms with E-state index in [1.807, 2.05) is 12.1 Å². The lowest BCUT2D eigenvalue weighted by atomic mass is 10.0. The highest BCUT2D eigenvalue weighted by Gasteiger charge is 2.09. The van der Waals surface area contributed by atoms with E-state index in [0.717, 1.165) is 22.9 Å². The first-order valence-electron chi connectivity index (χ1n) is 7.04. The van der Waals surface area contributed by atoms with Crippen LogP contribution in [0.3, 0.4) is 0 Å². The maximum Gasteiger partial charge on any atom is 0.140 e. The van der Waals surface area contributed by atoms with E-state index in [1.54, 1.807) is 11.3 Å². The minimum absolute atomic E-state index is 0.508. The van der Waals surface area contributed by atoms with Crippen molar-refractivity contribution in [2.75, 3.05) is 0 Å². The fourth-order valence-corrected chi connectivity index (χ4v) is 2.99. The molecule has 1 aromatic heterocycles. The summed E-state index contributed by atoms with van der Waals surface area (Å²) in [7, 11) is 0. The molecular formula is C16H22N2OS. The van der Waals surface area contributed by atoms with Crippen LogP contribution in [0.15, 0.2) is 24.3 Å². The second-order valence-corrected chi connectivity index (χ2v) is 6.22. The molecule has 0 aliphatic heterocycles. The van der Waals surface area contributed by atoms with E-state index in [1.165, 1.54) is 10.4 Å². The van der Waals surface area contributed by atoms with Crippen molar-refractivity contribution in [1.82, 2.24) is 4.98 Å². The lowest BCUT2D eigenvalue weighted by Gasteiger charge is -2.08. The summed E-state index contributed by atoms with van der Waals surface area (Å²) in [6.45, 7) is 7.54. The summed E-state index contributed by atoms with van der Waals surface area (Å²) in [5.41, 5.74) is 8.12. The van der Waals surface area contributed by atoms with Crippen LogP contribution in [0.1, 0.15) is 47.8 Å². The molecule has 0 spiro atoms. The zero-order valence-corrected chi connectivity index (χ0v) is 13.2. The van der Waals surface area contributed by atoms with E-state index in [0.29, 0.717) is 19.1 Å². The summed E-state index contributed by atoms with van der Waals surface area (Å²) < 4.78 is 5.85. The topological polar surface area (TPSA) is 48.1 Å². The van der Waals surface area contributed by atoms with Crippen molar-refractivity contribution in [3.8, 4) is 5.75 Å². The Labute approximate surface area is 124 Å². The van der Waals surface area contributed by atoms with E-state index in [2.05, 4.69) is 37.9 Å². The van der Waals surface area contributed by atoms with Crippen LogP contribution in [-0.4, -0.2) is 4.98 Å². The third-order valence-corrected chi connectivity index (χ3v) is 4.32. The Hall–Kier alpha value is -1.39. The summed E-state index contributed by atoms with van der Waals surface area (Å²) in [6, 6.07) is 8.25. The third-order valence-electron chi connectivity index (χ3n) is 3.23. The van der Waals surface area contributed by atoms with E-state index in [9.17, 15) is 0 Å². The van der Waals surface area contributed by atoms with Crippen LogP contribution in [0.4, 0.5) is 0 Å². The van der Waals surface area contributed by atoms with Gasteiger partial charge >= 0.3 is 0 Å². The van der Waals surface area contributed by atoms with Crippen molar-refractivity contribution in [1.29, 1.82) is 0 Å². The molecule has 20 heavy (non-hydrogen) atoms. The molecule has 1 heterocycles. The van der Waals surface area contributed by atoms with Crippen molar-refractivity contribution in [2.24, 2.45) is 5.73 Å². The first-order chi connectivity index (χ1) is 9.63. The Morgan fingerprint density at radius 1 is 1.35 bits per heavy atom. The minimum atomic E-state index is 0.508. The number of benzene rings is 1. The van der Waals surface area contributed by atoms with E-state index in [-0.39, 0.29) is 0 Å². The molecule has 0 unspecified atom stereocenters. The van der Waals surface area contributed by atoms with E-state index >= 15 is 0 Å². The predicted molar refractivity (Wildman–Crippen MR) is 84.2 cm³/mol. The van der Waals surface area contributed by atoms with Gasteiger partial charge in [0.05, 0.1) is 5.69 Å². The molecule has 0 aliphatic carbocycles. The van der Waals surface area contributed by atoms with Gasteiger partial charge in [0, 0.05) is 11.4 Å². The number of hydrogen-bond acceptors (Lipinski definition) is 4. The number of ether oxygens (including phenoxy) is 1. The summed E-state index contributed by atoms with van der Waals surface area (Å²) >= 11 is 1.65. The molecule has 0 bridgehead atoms. The number of nitrogens with zero attached hydrogens (tertiary/aromatic N) is 1. The zero-order chi connectivity index (χ0) is 14.5. The van der Waals surface area contributed by atoms with Crippen molar-refractivity contribution in [3.63, 3.8) is 0 Å². The standard InChI is InChI=1S/C16H22N2OS/c1-4-14-15(9-17)20-16(18-14)10-19-13-7-5-6-12(8-13)11(2)3/h5-8,11H,4,9-10,17H2,1-3H3. The van der Waals surface area contributed by atoms with Crippen LogP contribution >= 0.6 is 11.3 Å². The Kier molecular flexibility index (Phi) is 5.15. The summed E-state index contributed by atoms with van der Waals surface area (Å²) in [5, 5.41) is 0.997. The maximum atomic E-state index is 5.85. The molecule has 0 fully saturated rings. The van der Waals surface area contributed by atoms with E-state index in [4.69, 9.17) is 10.5 Å². The molecule has 0 saturated carbocycles. The van der Waals surface area contributed by atoms with Gasteiger partial charge in [-0.05, 0) is 30.0 Å². The molecule has 2 N–H and O–H groups in total. The second-order valence-electron chi connectivity index (χ2n) is 5.05. The molecule has 0 saturated heterocycles. The van der Waals surface area contributed by atoms with Gasteiger partial charge in [-0.1, -0.05) is 32.9 Å². The van der Waals surface area contributed by atoms with Crippen LogP contribution < -0.4 is 10.5 Å². The van der Waals surface area contributed by atoms with Crippen molar-refractivity contribution >= 4 is 11.3 Å². The average molecular weight is 290 g/mol. The van der Waals surface area contributed by atoms with Gasteiger partial charge in [-0.15, -0.1) is 11.3 Å². The number of aryl methyl sites for hydroxylation is 1. The summed E-state index contributed by atoms with van der Waals surface area (Å²) in [6.07, 6.45) is 0.922. The van der Waals surface area contributed by atoms with Gasteiger partial charge in [-0.2, -0.15) is 0 Å². The summed E-state index contributed by atoms with van der Waals surface area (Å²) in [4.78, 5) is 5.75. The zero-order valence-electron chi connectivity index (χ0n) is 12.3. The van der Waals surface area contributed by atoms with Gasteiger partial charge in [-0.25, -0.2) is 4.98 Å². The van der Waals surface area contributed by atoms with Gasteiger partial charge in [-0.3, -0.25) is 0 Å². The van der Waals surface area contributed by atoms with Crippen molar-refractivity contribution in [3.05, 3.63) is 45.4 Å². The Morgan fingerprint density at radius 3 is 2.75 bits per heavy atom. The SMILES string of the molecule is CCc1nc(COc2cccc(C(C)C)c2)sc1CN. The van der Waals surface area contributed by atoms with Crippen LogP contribution in [0.25, 0.3) is 0 Å². The maximum absolute atomic E-state index is 5.85. The van der Waals surface area contributed by atoms with Gasteiger partial charge in [0.1, 0.15) is 17.4 Å². The Bertz CT molecular complexity index is 542. The van der Waals surface area contributed by atoms with Crippen LogP contribution in [0.2, 0.25) is 0 Å². The van der Waals surface area contributed by atoms with E-state index < -0.39 is 0 Å². The highest BCUT2D eigenvalue weighted by atomic mass is 32.1. The fraction of sp³-hybridized carbons (Fsp3) is 0.438. The van der Waals surface area contributed by atoms with Gasteiger partial charge in [0.25, 0.3) is 0 Å². The quantitative estimate of drug-likeness (QED) is 0.878. The molecule has 4 heteroatoms. The number of thiazole rings is 1. The number of nitrogens with two attached hydrogens (primary N) is 1. The normalized spacial score (nSPS) is 11.1. The lowest BCUT2D eigenvalue weighted by Crippen LogP contribution is -1.97. The van der Waals surface area contributed by atoms with Gasteiger partial charge in [0.15, 0.2) is 0 Å². The summed E-state index contributed by atoms with van der Waals surface area (Å²) in [5.74, 6) is 1.41. The molecule has 108 valence electrons. The van der Waals surface area contributed by atoms with Crippen LogP contribution in [0, 0.1) is 0 Å². The molecule has 0 radical (unpaired) electrons. The first kappa shape index (κ1) is 15.0. The Morgan fingerprint density at radius 2 is 2.15 bits per heavy atom. The minimum Gasteiger partial charge on any atom is -0.486 e. The number of rotatable bonds is 6. The molecule has 0 amide bonds. The van der Waals surface area contributed by atoms with Crippen LogP contribution in [0.5, 0.6) is 5.75 Å². The molecule has 0 atom stereocenters. The molecule has 2 aromatic rings. The fourth-order valence-electron chi connectivity index (χ4n) is 2.04. The predicted octanol–water partition coefficient (Wildman–Crippen LogP) is 3.87. The van der Waals surface area contributed by atoms with Gasteiger partial charge in [0.2, 0.25) is 0 Å². The third kappa shape index (κ3) is 3.58. The first-order valence-corrected chi connectivity index (χ1v) is 7.86. The molecule has 1 aromatic carbocycles. The number of aromatic nitrogens is 1. The smallest absolute Gasteiger partial charge is 0.140 e. The molecule has 2 rings (SSSR count). The van der Waals surface area contributed by atoms with Crippen molar-refractivity contribution in [2.45, 2.75) is 46.3 Å². The molecule has 0 aliphatic rings. The van der Waals surface area contributed by atoms with Crippen LogP contribution in [-0.2, 0) is 19.6 Å². The molecular weight excluding hydrogens is 268 g/mol. The largest absolute Gasteiger partial charge is 0.486 e. The number of hydrogen-bond donors (Lipinski definition) is 1. The van der Waals surface area contributed by atoms with Gasteiger partial charge < -0.3 is 10.5 Å². The monoisotopic (exact) mass is 290 g/mol. The lowest BCUT2D eigenvalue weighted by molar-refractivity contribution is 0.305.